The number of amides is 1. The molecule has 0 spiro atoms. The summed E-state index contributed by atoms with van der Waals surface area (Å²) in [7, 11) is 0.312. The molecule has 11 nitrogen and oxygen atoms in total. The molecular weight excluding hydrogens is 669 g/mol. The Labute approximate surface area is 292 Å². The Balaban J connectivity index is 1.02. The summed E-state index contributed by atoms with van der Waals surface area (Å²) in [4.78, 5) is 16.7. The van der Waals surface area contributed by atoms with E-state index in [9.17, 15) is 23.2 Å². The van der Waals surface area contributed by atoms with Crippen LogP contribution in [0.3, 0.4) is 0 Å². The van der Waals surface area contributed by atoms with Crippen molar-refractivity contribution in [3.63, 3.8) is 0 Å². The van der Waals surface area contributed by atoms with E-state index in [2.05, 4.69) is 10.6 Å². The zero-order valence-electron chi connectivity index (χ0n) is 28.9. The molecular formula is C36H49F2N4O7P. The predicted octanol–water partition coefficient (Wildman–Crippen LogP) is 5.52. The minimum atomic E-state index is -2.73. The number of aliphatic hydroxyl groups is 1. The number of anilines is 2. The molecule has 4 unspecified atom stereocenters. The average molecular weight is 719 g/mol. The van der Waals surface area contributed by atoms with Gasteiger partial charge in [0.25, 0.3) is 5.91 Å². The fourth-order valence-corrected chi connectivity index (χ4v) is 10.4. The third-order valence-electron chi connectivity index (χ3n) is 11.2. The molecule has 1 amide bonds. The van der Waals surface area contributed by atoms with Crippen molar-refractivity contribution in [1.29, 1.82) is 0 Å². The molecule has 3 N–H and O–H groups in total. The van der Waals surface area contributed by atoms with Crippen LogP contribution in [0.25, 0.3) is 0 Å². The van der Waals surface area contributed by atoms with E-state index in [1.54, 1.807) is 34.1 Å². The van der Waals surface area contributed by atoms with Gasteiger partial charge >= 0.3 is 0 Å². The van der Waals surface area contributed by atoms with E-state index in [0.29, 0.717) is 95.8 Å². The molecule has 2 saturated heterocycles. The van der Waals surface area contributed by atoms with Crippen LogP contribution in [-0.2, 0) is 4.57 Å². The summed E-state index contributed by atoms with van der Waals surface area (Å²) in [5, 5.41) is 17.8. The molecule has 14 heteroatoms. The Hall–Kier alpha value is -3.28. The van der Waals surface area contributed by atoms with Crippen LogP contribution >= 0.6 is 7.14 Å². The number of methoxy groups -OCH3 is 2. The lowest BCUT2D eigenvalue weighted by Crippen LogP contribution is -2.37. The molecule has 274 valence electrons. The van der Waals surface area contributed by atoms with Crippen LogP contribution in [0.5, 0.6) is 23.0 Å². The number of fused-ring (bicyclic) bond motifs is 4. The topological polar surface area (TPSA) is 122 Å². The van der Waals surface area contributed by atoms with Crippen LogP contribution in [-0.4, -0.2) is 117 Å². The number of alkyl halides is 2. The quantitative estimate of drug-likeness (QED) is 0.228. The van der Waals surface area contributed by atoms with Gasteiger partial charge in [0, 0.05) is 74.0 Å². The fourth-order valence-electron chi connectivity index (χ4n) is 8.02. The highest BCUT2D eigenvalue weighted by Gasteiger charge is 2.40. The zero-order chi connectivity index (χ0) is 35.0. The van der Waals surface area contributed by atoms with Crippen LogP contribution in [0.2, 0.25) is 0 Å². The number of nitrogens with zero attached hydrogens (tertiary/aromatic N) is 2. The number of benzene rings is 2. The minimum Gasteiger partial charge on any atom is -0.493 e. The molecule has 3 fully saturated rings. The van der Waals surface area contributed by atoms with Crippen LogP contribution in [0, 0.1) is 5.92 Å². The van der Waals surface area contributed by atoms with E-state index in [1.165, 1.54) is 33.5 Å². The number of hydrogen-bond acceptors (Lipinski definition) is 10. The second-order valence-electron chi connectivity index (χ2n) is 14.4. The summed E-state index contributed by atoms with van der Waals surface area (Å²) in [6.45, 7) is 1.64. The van der Waals surface area contributed by atoms with Crippen LogP contribution in [0.15, 0.2) is 24.3 Å². The summed E-state index contributed by atoms with van der Waals surface area (Å²) in [5.41, 5.74) is 2.34. The Morgan fingerprint density at radius 2 is 1.46 bits per heavy atom. The maximum absolute atomic E-state index is 14.5. The average Bonchev–Trinajstić information content (AvgIpc) is 3.59. The lowest BCUT2D eigenvalue weighted by Gasteiger charge is -2.28. The first-order valence-electron chi connectivity index (χ1n) is 17.9. The molecule has 6 atom stereocenters. The van der Waals surface area contributed by atoms with Gasteiger partial charge < -0.3 is 44.2 Å². The number of halogens is 2. The first kappa shape index (κ1) is 35.1. The molecule has 0 bridgehead atoms. The highest BCUT2D eigenvalue weighted by Crippen LogP contribution is 2.49. The second kappa shape index (κ2) is 14.8. The van der Waals surface area contributed by atoms with Crippen molar-refractivity contribution in [2.75, 3.05) is 82.7 Å². The van der Waals surface area contributed by atoms with E-state index in [1.807, 2.05) is 0 Å². The third-order valence-corrected chi connectivity index (χ3v) is 14.3. The van der Waals surface area contributed by atoms with Gasteiger partial charge in [0.2, 0.25) is 0 Å². The highest BCUT2D eigenvalue weighted by atomic mass is 31.2. The van der Waals surface area contributed by atoms with E-state index in [0.717, 1.165) is 6.42 Å². The SMILES string of the molecule is COc1cc2c(cc1OCCP(=O)(CCOc1cc3c(cc1OC)C(O)N1CC(F)C[C@H]1CN3)CCC1CCC1)NC[C@@H]1CC(F)CN1C2=O. The van der Waals surface area contributed by atoms with Gasteiger partial charge in [0.05, 0.1) is 58.4 Å². The van der Waals surface area contributed by atoms with E-state index < -0.39 is 25.7 Å². The van der Waals surface area contributed by atoms with Gasteiger partial charge in [0.1, 0.15) is 18.6 Å². The fraction of sp³-hybridized carbons (Fsp3) is 0.639. The molecule has 4 aliphatic heterocycles. The van der Waals surface area contributed by atoms with E-state index >= 15 is 0 Å². The first-order valence-corrected chi connectivity index (χ1v) is 20.2. The third kappa shape index (κ3) is 7.23. The minimum absolute atomic E-state index is 0.0887. The number of hydrogen-bond donors (Lipinski definition) is 3. The number of ether oxygens (including phenoxy) is 4. The molecule has 1 aliphatic carbocycles. The van der Waals surface area contributed by atoms with E-state index in [-0.39, 0.29) is 44.3 Å². The summed E-state index contributed by atoms with van der Waals surface area (Å²) in [6.07, 6.45) is 3.52. The summed E-state index contributed by atoms with van der Waals surface area (Å²) >= 11 is 0. The second-order valence-corrected chi connectivity index (χ2v) is 17.9. The Kier molecular flexibility index (Phi) is 10.4. The maximum atomic E-state index is 14.5. The molecule has 5 aliphatic rings. The van der Waals surface area contributed by atoms with Gasteiger partial charge in [0.15, 0.2) is 23.0 Å². The van der Waals surface area contributed by atoms with Crippen molar-refractivity contribution in [2.45, 2.75) is 69.2 Å². The zero-order valence-corrected chi connectivity index (χ0v) is 29.8. The first-order chi connectivity index (χ1) is 24.1. The molecule has 0 aromatic heterocycles. The molecule has 4 heterocycles. The number of rotatable bonds is 13. The Bertz CT molecular complexity index is 1610. The molecule has 0 radical (unpaired) electrons. The van der Waals surface area contributed by atoms with Gasteiger partial charge in [-0.1, -0.05) is 19.3 Å². The number of aliphatic hydroxyl groups excluding tert-OH is 1. The van der Waals surface area contributed by atoms with Gasteiger partial charge in [-0.2, -0.15) is 0 Å². The Morgan fingerprint density at radius 3 is 2.14 bits per heavy atom. The van der Waals surface area contributed by atoms with Gasteiger partial charge in [-0.15, -0.1) is 0 Å². The van der Waals surface area contributed by atoms with Crippen molar-refractivity contribution in [3.05, 3.63) is 35.4 Å². The van der Waals surface area contributed by atoms with Crippen molar-refractivity contribution >= 4 is 24.4 Å². The molecule has 50 heavy (non-hydrogen) atoms. The number of carbonyl (C=O) groups is 1. The normalized spacial score (nSPS) is 27.3. The van der Waals surface area contributed by atoms with Crippen LogP contribution in [0.4, 0.5) is 20.2 Å². The molecule has 7 rings (SSSR count). The number of carbonyl (C=O) groups excluding carboxylic acids is 1. The van der Waals surface area contributed by atoms with Gasteiger partial charge in [-0.3, -0.25) is 9.69 Å². The molecule has 2 aromatic carbocycles. The lowest BCUT2D eigenvalue weighted by molar-refractivity contribution is -0.00382. The van der Waals surface area contributed by atoms with Crippen LogP contribution < -0.4 is 29.6 Å². The molecule has 2 aromatic rings. The number of nitrogens with one attached hydrogen (secondary N) is 2. The van der Waals surface area contributed by atoms with Gasteiger partial charge in [-0.05, 0) is 30.9 Å². The summed E-state index contributed by atoms with van der Waals surface area (Å²) < 4.78 is 66.3. The van der Waals surface area contributed by atoms with Crippen molar-refractivity contribution in [2.24, 2.45) is 5.92 Å². The predicted molar refractivity (Wildman–Crippen MR) is 187 cm³/mol. The summed E-state index contributed by atoms with van der Waals surface area (Å²) in [6, 6.07) is 6.61. The monoisotopic (exact) mass is 718 g/mol. The highest BCUT2D eigenvalue weighted by molar-refractivity contribution is 7.63. The maximum Gasteiger partial charge on any atom is 0.256 e. The van der Waals surface area contributed by atoms with Crippen molar-refractivity contribution in [1.82, 2.24) is 9.80 Å². The van der Waals surface area contributed by atoms with Crippen molar-refractivity contribution < 1.29 is 42.2 Å². The Morgan fingerprint density at radius 1 is 0.840 bits per heavy atom. The van der Waals surface area contributed by atoms with Gasteiger partial charge in [-0.25, -0.2) is 8.78 Å². The smallest absolute Gasteiger partial charge is 0.256 e. The van der Waals surface area contributed by atoms with Crippen LogP contribution in [0.1, 0.15) is 60.7 Å². The molecule has 1 saturated carbocycles. The van der Waals surface area contributed by atoms with E-state index in [4.69, 9.17) is 18.9 Å². The standard InChI is InChI=1S/C36H49F2N4O7P/c1-46-31-14-27-29(39-18-25-12-23(37)20-41(25)35(27)43)16-33(31)48-7-10-50(45,9-6-22-4-3-5-22)11-8-49-34-17-30-28(15-32(34)47-2)36(44)42-21-24(38)13-26(42)19-40-30/h14-17,22-26,35,39-40,43H,3-13,18-21H2,1-2H3/t23?,24?,25-,26-,35?,50?/m0/s1. The summed E-state index contributed by atoms with van der Waals surface area (Å²) in [5.74, 6) is 2.14. The van der Waals surface area contributed by atoms with Crippen molar-refractivity contribution in [3.8, 4) is 23.0 Å². The lowest BCUT2D eigenvalue weighted by atomic mass is 9.84. The largest absolute Gasteiger partial charge is 0.493 e.